The standard InChI is InChI=1S/C18H15BrFN3O2/c1-25-16-5-3-2-4-12(16)15-10-17(23-22-15)21-18(24)9-11-6-7-14(20)13(19)8-11/h2-8,10H,9H2,1H3,(H2,21,22,23,24). The van der Waals surface area contributed by atoms with E-state index >= 15 is 0 Å². The van der Waals surface area contributed by atoms with E-state index in [2.05, 4.69) is 31.4 Å². The van der Waals surface area contributed by atoms with Crippen LogP contribution in [0.4, 0.5) is 10.2 Å². The summed E-state index contributed by atoms with van der Waals surface area (Å²) in [4.78, 5) is 12.1. The van der Waals surface area contributed by atoms with E-state index < -0.39 is 0 Å². The predicted octanol–water partition coefficient (Wildman–Crippen LogP) is 4.17. The van der Waals surface area contributed by atoms with Crippen molar-refractivity contribution in [2.75, 3.05) is 12.4 Å². The molecule has 0 radical (unpaired) electrons. The number of rotatable bonds is 5. The molecule has 1 aromatic heterocycles. The van der Waals surface area contributed by atoms with Gasteiger partial charge in [-0.2, -0.15) is 5.10 Å². The number of anilines is 1. The second kappa shape index (κ2) is 7.48. The number of nitrogens with zero attached hydrogens (tertiary/aromatic N) is 1. The van der Waals surface area contributed by atoms with E-state index in [9.17, 15) is 9.18 Å². The van der Waals surface area contributed by atoms with E-state index in [0.717, 1.165) is 11.3 Å². The third-order valence-corrected chi connectivity index (χ3v) is 4.20. The van der Waals surface area contributed by atoms with Gasteiger partial charge in [-0.05, 0) is 45.8 Å². The van der Waals surface area contributed by atoms with Gasteiger partial charge < -0.3 is 10.1 Å². The molecule has 128 valence electrons. The fourth-order valence-corrected chi connectivity index (χ4v) is 2.84. The Morgan fingerprint density at radius 2 is 2.08 bits per heavy atom. The number of aromatic amines is 1. The first kappa shape index (κ1) is 17.2. The number of benzene rings is 2. The van der Waals surface area contributed by atoms with Crippen molar-refractivity contribution in [3.8, 4) is 17.0 Å². The number of methoxy groups -OCH3 is 1. The van der Waals surface area contributed by atoms with Crippen LogP contribution in [0.5, 0.6) is 5.75 Å². The van der Waals surface area contributed by atoms with Crippen molar-refractivity contribution in [2.24, 2.45) is 0 Å². The highest BCUT2D eigenvalue weighted by atomic mass is 79.9. The van der Waals surface area contributed by atoms with Crippen molar-refractivity contribution in [2.45, 2.75) is 6.42 Å². The van der Waals surface area contributed by atoms with Crippen LogP contribution < -0.4 is 10.1 Å². The van der Waals surface area contributed by atoms with Crippen LogP contribution in [0.25, 0.3) is 11.3 Å². The number of H-pyrrole nitrogens is 1. The smallest absolute Gasteiger partial charge is 0.229 e. The quantitative estimate of drug-likeness (QED) is 0.671. The van der Waals surface area contributed by atoms with E-state index in [-0.39, 0.29) is 18.1 Å². The zero-order valence-electron chi connectivity index (χ0n) is 13.3. The first-order valence-electron chi connectivity index (χ1n) is 7.49. The summed E-state index contributed by atoms with van der Waals surface area (Å²) in [5.74, 6) is 0.516. The molecule has 2 N–H and O–H groups in total. The highest BCUT2D eigenvalue weighted by molar-refractivity contribution is 9.10. The highest BCUT2D eigenvalue weighted by Gasteiger charge is 2.11. The van der Waals surface area contributed by atoms with Crippen LogP contribution in [-0.4, -0.2) is 23.2 Å². The molecule has 0 spiro atoms. The Kier molecular flexibility index (Phi) is 5.14. The molecule has 0 aliphatic rings. The largest absolute Gasteiger partial charge is 0.496 e. The number of hydrogen-bond donors (Lipinski definition) is 2. The normalized spacial score (nSPS) is 10.5. The Bertz CT molecular complexity index is 911. The van der Waals surface area contributed by atoms with Gasteiger partial charge in [0, 0.05) is 11.6 Å². The van der Waals surface area contributed by atoms with Crippen molar-refractivity contribution >= 4 is 27.7 Å². The fourth-order valence-electron chi connectivity index (χ4n) is 2.41. The molecule has 7 heteroatoms. The lowest BCUT2D eigenvalue weighted by molar-refractivity contribution is -0.115. The van der Waals surface area contributed by atoms with Crippen LogP contribution in [0, 0.1) is 5.82 Å². The van der Waals surface area contributed by atoms with Crippen LogP contribution >= 0.6 is 15.9 Å². The van der Waals surface area contributed by atoms with E-state index in [1.165, 1.54) is 6.07 Å². The molecule has 0 atom stereocenters. The predicted molar refractivity (Wildman–Crippen MR) is 97.0 cm³/mol. The molecular formula is C18H15BrFN3O2. The summed E-state index contributed by atoms with van der Waals surface area (Å²) >= 11 is 3.11. The topological polar surface area (TPSA) is 67.0 Å². The van der Waals surface area contributed by atoms with Crippen LogP contribution in [-0.2, 0) is 11.2 Å². The first-order chi connectivity index (χ1) is 12.1. The Hall–Kier alpha value is -2.67. The number of carbonyl (C=O) groups excluding carboxylic acids is 1. The molecule has 0 saturated heterocycles. The van der Waals surface area contributed by atoms with Crippen LogP contribution in [0.2, 0.25) is 0 Å². The molecule has 0 saturated carbocycles. The number of amides is 1. The lowest BCUT2D eigenvalue weighted by atomic mass is 10.1. The lowest BCUT2D eigenvalue weighted by Crippen LogP contribution is -2.14. The molecule has 3 aromatic rings. The van der Waals surface area contributed by atoms with Gasteiger partial charge in [-0.15, -0.1) is 0 Å². The highest BCUT2D eigenvalue weighted by Crippen LogP contribution is 2.29. The molecule has 0 bridgehead atoms. The number of aromatic nitrogens is 2. The summed E-state index contributed by atoms with van der Waals surface area (Å²) in [7, 11) is 1.60. The monoisotopic (exact) mass is 403 g/mol. The van der Waals surface area contributed by atoms with Gasteiger partial charge >= 0.3 is 0 Å². The third kappa shape index (κ3) is 4.06. The average molecular weight is 404 g/mol. The van der Waals surface area contributed by atoms with Crippen molar-refractivity contribution < 1.29 is 13.9 Å². The van der Waals surface area contributed by atoms with Crippen LogP contribution in [0.1, 0.15) is 5.56 Å². The van der Waals surface area contributed by atoms with E-state index in [0.29, 0.717) is 21.6 Å². The Morgan fingerprint density at radius 1 is 1.28 bits per heavy atom. The van der Waals surface area contributed by atoms with Gasteiger partial charge in [-0.25, -0.2) is 4.39 Å². The molecule has 0 unspecified atom stereocenters. The summed E-state index contributed by atoms with van der Waals surface area (Å²) in [6, 6.07) is 13.7. The van der Waals surface area contributed by atoms with Crippen LogP contribution in [0.15, 0.2) is 53.0 Å². The SMILES string of the molecule is COc1ccccc1-c1cc(NC(=O)Cc2ccc(F)c(Br)c2)n[nH]1. The van der Waals surface area contributed by atoms with Gasteiger partial charge in [0.15, 0.2) is 5.82 Å². The van der Waals surface area contributed by atoms with Gasteiger partial charge in [0.25, 0.3) is 0 Å². The van der Waals surface area contributed by atoms with Gasteiger partial charge in [-0.3, -0.25) is 9.89 Å². The molecule has 0 aliphatic carbocycles. The Balaban J connectivity index is 1.70. The number of halogens is 2. The maximum atomic E-state index is 13.2. The lowest BCUT2D eigenvalue weighted by Gasteiger charge is -2.05. The number of nitrogens with one attached hydrogen (secondary N) is 2. The maximum absolute atomic E-state index is 13.2. The molecule has 2 aromatic carbocycles. The zero-order chi connectivity index (χ0) is 17.8. The summed E-state index contributed by atoms with van der Waals surface area (Å²) in [6.07, 6.45) is 0.121. The number of ether oxygens (including phenoxy) is 1. The fraction of sp³-hybridized carbons (Fsp3) is 0.111. The van der Waals surface area contributed by atoms with Gasteiger partial charge in [0.1, 0.15) is 11.6 Å². The summed E-state index contributed by atoms with van der Waals surface area (Å²) in [5, 5.41) is 9.70. The number of para-hydroxylation sites is 1. The van der Waals surface area contributed by atoms with E-state index in [1.54, 1.807) is 25.3 Å². The van der Waals surface area contributed by atoms with E-state index in [4.69, 9.17) is 4.74 Å². The average Bonchev–Trinajstić information content (AvgIpc) is 3.06. The number of hydrogen-bond acceptors (Lipinski definition) is 3. The molecule has 25 heavy (non-hydrogen) atoms. The van der Waals surface area contributed by atoms with Crippen molar-refractivity contribution in [1.82, 2.24) is 10.2 Å². The molecule has 5 nitrogen and oxygen atoms in total. The Morgan fingerprint density at radius 3 is 2.84 bits per heavy atom. The molecular weight excluding hydrogens is 389 g/mol. The molecule has 0 fully saturated rings. The van der Waals surface area contributed by atoms with Crippen molar-refractivity contribution in [3.05, 3.63) is 64.4 Å². The summed E-state index contributed by atoms with van der Waals surface area (Å²) < 4.78 is 18.9. The molecule has 0 aliphatic heterocycles. The van der Waals surface area contributed by atoms with Crippen molar-refractivity contribution in [3.63, 3.8) is 0 Å². The minimum atomic E-state index is -0.363. The van der Waals surface area contributed by atoms with Gasteiger partial charge in [0.05, 0.1) is 23.7 Å². The van der Waals surface area contributed by atoms with Gasteiger partial charge in [0.2, 0.25) is 5.91 Å². The molecule has 1 amide bonds. The Labute approximate surface area is 152 Å². The third-order valence-electron chi connectivity index (χ3n) is 3.59. The molecule has 1 heterocycles. The first-order valence-corrected chi connectivity index (χ1v) is 8.28. The maximum Gasteiger partial charge on any atom is 0.229 e. The minimum Gasteiger partial charge on any atom is -0.496 e. The minimum absolute atomic E-state index is 0.121. The summed E-state index contributed by atoms with van der Waals surface area (Å²) in [5.41, 5.74) is 2.28. The van der Waals surface area contributed by atoms with E-state index in [1.807, 2.05) is 24.3 Å². The summed E-state index contributed by atoms with van der Waals surface area (Å²) in [6.45, 7) is 0. The second-order valence-electron chi connectivity index (χ2n) is 5.34. The van der Waals surface area contributed by atoms with Crippen LogP contribution in [0.3, 0.4) is 0 Å². The van der Waals surface area contributed by atoms with Gasteiger partial charge in [-0.1, -0.05) is 18.2 Å². The second-order valence-corrected chi connectivity index (χ2v) is 6.19. The van der Waals surface area contributed by atoms with Crippen molar-refractivity contribution in [1.29, 1.82) is 0 Å². The molecule has 3 rings (SSSR count). The number of carbonyl (C=O) groups is 1. The zero-order valence-corrected chi connectivity index (χ0v) is 14.9.